The van der Waals surface area contributed by atoms with Gasteiger partial charge in [-0.15, -0.1) is 0 Å². The lowest BCUT2D eigenvalue weighted by Crippen LogP contribution is -2.49. The van der Waals surface area contributed by atoms with E-state index in [2.05, 4.69) is 29.0 Å². The molecule has 2 aromatic carbocycles. The van der Waals surface area contributed by atoms with Crippen molar-refractivity contribution >= 4 is 27.5 Å². The van der Waals surface area contributed by atoms with Crippen molar-refractivity contribution in [1.82, 2.24) is 23.6 Å². The summed E-state index contributed by atoms with van der Waals surface area (Å²) in [6, 6.07) is 18.2. The molecule has 0 aliphatic carbocycles. The van der Waals surface area contributed by atoms with Crippen LogP contribution in [0.4, 0.5) is 0 Å². The minimum atomic E-state index is -3.96. The Hall–Kier alpha value is -2.69. The van der Waals surface area contributed by atoms with Crippen LogP contribution in [0.25, 0.3) is 0 Å². The van der Waals surface area contributed by atoms with Crippen LogP contribution in [-0.2, 0) is 21.4 Å². The Labute approximate surface area is 242 Å². The van der Waals surface area contributed by atoms with Gasteiger partial charge in [-0.3, -0.25) is 9.69 Å². The molecule has 40 heavy (non-hydrogen) atoms. The second-order valence-electron chi connectivity index (χ2n) is 10.9. The number of aryl methyl sites for hydroxylation is 1. The van der Waals surface area contributed by atoms with E-state index in [4.69, 9.17) is 11.6 Å². The van der Waals surface area contributed by atoms with Gasteiger partial charge in [0.05, 0.1) is 17.1 Å². The molecule has 1 aromatic heterocycles. The van der Waals surface area contributed by atoms with Crippen LogP contribution in [0.1, 0.15) is 35.3 Å². The number of carbonyl (C=O) groups is 1. The summed E-state index contributed by atoms with van der Waals surface area (Å²) >= 11 is 6.43. The standard InChI is InChI=1S/C30H38ClN5O3S/c1-23-9-7-12-25(31)30(23)40(38,39)36-20-19-35-14-8-13-26(35)27(36)21-29(37)33(3)28(24-10-5-4-6-11-24)22-34-17-15-32(2)16-18-34/h4-14,27-28H,15-22H2,1-3H3. The maximum absolute atomic E-state index is 14.1. The molecule has 3 aromatic rings. The first kappa shape index (κ1) is 28.8. The van der Waals surface area contributed by atoms with Gasteiger partial charge < -0.3 is 14.4 Å². The van der Waals surface area contributed by atoms with Crippen molar-refractivity contribution in [3.8, 4) is 0 Å². The monoisotopic (exact) mass is 583 g/mol. The van der Waals surface area contributed by atoms with Gasteiger partial charge in [-0.1, -0.05) is 54.1 Å². The van der Waals surface area contributed by atoms with Gasteiger partial charge in [-0.25, -0.2) is 8.42 Å². The van der Waals surface area contributed by atoms with Crippen LogP contribution in [-0.4, -0.2) is 91.3 Å². The van der Waals surface area contributed by atoms with Crippen molar-refractivity contribution in [3.05, 3.63) is 88.7 Å². The van der Waals surface area contributed by atoms with Crippen LogP contribution in [0.2, 0.25) is 5.02 Å². The maximum Gasteiger partial charge on any atom is 0.245 e. The summed E-state index contributed by atoms with van der Waals surface area (Å²) in [7, 11) is 0.0125. The molecule has 214 valence electrons. The van der Waals surface area contributed by atoms with E-state index >= 15 is 0 Å². The van der Waals surface area contributed by atoms with Crippen LogP contribution >= 0.6 is 11.6 Å². The van der Waals surface area contributed by atoms with Crippen molar-refractivity contribution in [2.45, 2.75) is 36.9 Å². The Morgan fingerprint density at radius 2 is 1.70 bits per heavy atom. The molecule has 0 spiro atoms. The lowest BCUT2D eigenvalue weighted by Gasteiger charge is -2.39. The number of aromatic nitrogens is 1. The van der Waals surface area contributed by atoms with Gasteiger partial charge in [-0.2, -0.15) is 4.31 Å². The molecular weight excluding hydrogens is 546 g/mol. The third-order valence-electron chi connectivity index (χ3n) is 8.29. The maximum atomic E-state index is 14.1. The lowest BCUT2D eigenvalue weighted by atomic mass is 10.0. The molecule has 2 aliphatic heterocycles. The number of likely N-dealkylation sites (N-methyl/N-ethyl adjacent to an activating group) is 2. The highest BCUT2D eigenvalue weighted by molar-refractivity contribution is 7.89. The number of halogens is 1. The highest BCUT2D eigenvalue weighted by Crippen LogP contribution is 2.38. The molecule has 1 fully saturated rings. The molecular formula is C30H38ClN5O3S. The Kier molecular flexibility index (Phi) is 8.68. The van der Waals surface area contributed by atoms with Crippen LogP contribution < -0.4 is 0 Å². The second kappa shape index (κ2) is 12.0. The predicted octanol–water partition coefficient (Wildman–Crippen LogP) is 4.03. The van der Waals surface area contributed by atoms with Crippen molar-refractivity contribution in [3.63, 3.8) is 0 Å². The van der Waals surface area contributed by atoms with E-state index in [1.54, 1.807) is 30.0 Å². The first-order chi connectivity index (χ1) is 19.2. The highest BCUT2D eigenvalue weighted by atomic mass is 35.5. The first-order valence-electron chi connectivity index (χ1n) is 13.8. The van der Waals surface area contributed by atoms with E-state index < -0.39 is 16.1 Å². The quantitative estimate of drug-likeness (QED) is 0.400. The molecule has 0 N–H and O–H groups in total. The molecule has 10 heteroatoms. The topological polar surface area (TPSA) is 69.1 Å². The number of amides is 1. The van der Waals surface area contributed by atoms with E-state index in [-0.39, 0.29) is 34.8 Å². The van der Waals surface area contributed by atoms with Gasteiger partial charge in [0.1, 0.15) is 4.90 Å². The number of hydrogen-bond donors (Lipinski definition) is 0. The van der Waals surface area contributed by atoms with Gasteiger partial charge >= 0.3 is 0 Å². The molecule has 1 saturated heterocycles. The Balaban J connectivity index is 1.44. The van der Waals surface area contributed by atoms with Crippen LogP contribution in [0.5, 0.6) is 0 Å². The molecule has 2 unspecified atom stereocenters. The fourth-order valence-corrected chi connectivity index (χ4v) is 8.26. The summed E-state index contributed by atoms with van der Waals surface area (Å²) < 4.78 is 31.6. The average molecular weight is 584 g/mol. The van der Waals surface area contributed by atoms with Crippen molar-refractivity contribution in [1.29, 1.82) is 0 Å². The number of benzene rings is 2. The zero-order chi connectivity index (χ0) is 28.4. The molecule has 8 nitrogen and oxygen atoms in total. The number of hydrogen-bond acceptors (Lipinski definition) is 5. The van der Waals surface area contributed by atoms with E-state index in [0.29, 0.717) is 12.1 Å². The van der Waals surface area contributed by atoms with Crippen molar-refractivity contribution in [2.24, 2.45) is 0 Å². The molecule has 2 atom stereocenters. The van der Waals surface area contributed by atoms with Crippen molar-refractivity contribution < 1.29 is 13.2 Å². The summed E-state index contributed by atoms with van der Waals surface area (Å²) in [6.45, 7) is 7.13. The fraction of sp³-hybridized carbons (Fsp3) is 0.433. The van der Waals surface area contributed by atoms with E-state index in [0.717, 1.165) is 44.0 Å². The molecule has 2 aliphatic rings. The average Bonchev–Trinajstić information content (AvgIpc) is 3.42. The van der Waals surface area contributed by atoms with E-state index in [9.17, 15) is 13.2 Å². The number of nitrogens with zero attached hydrogens (tertiary/aromatic N) is 5. The molecule has 1 amide bonds. The minimum absolute atomic E-state index is 0.0370. The van der Waals surface area contributed by atoms with E-state index in [1.807, 2.05) is 48.1 Å². The smallest absolute Gasteiger partial charge is 0.245 e. The number of piperazine rings is 1. The number of fused-ring (bicyclic) bond motifs is 1. The largest absolute Gasteiger partial charge is 0.349 e. The van der Waals surface area contributed by atoms with Crippen LogP contribution in [0.15, 0.2) is 71.8 Å². The van der Waals surface area contributed by atoms with Gasteiger partial charge in [0.15, 0.2) is 0 Å². The Morgan fingerprint density at radius 1 is 0.975 bits per heavy atom. The van der Waals surface area contributed by atoms with Gasteiger partial charge in [0.2, 0.25) is 15.9 Å². The third kappa shape index (κ3) is 5.85. The summed E-state index contributed by atoms with van der Waals surface area (Å²) in [5, 5.41) is 0.194. The molecule has 5 rings (SSSR count). The highest BCUT2D eigenvalue weighted by Gasteiger charge is 2.40. The van der Waals surface area contributed by atoms with Crippen LogP contribution in [0, 0.1) is 6.92 Å². The zero-order valence-electron chi connectivity index (χ0n) is 23.4. The number of rotatable bonds is 8. The molecule has 0 bridgehead atoms. The van der Waals surface area contributed by atoms with Crippen molar-refractivity contribution in [2.75, 3.05) is 53.4 Å². The Bertz CT molecular complexity index is 1420. The Morgan fingerprint density at radius 3 is 2.40 bits per heavy atom. The number of carbonyl (C=O) groups excluding carboxylic acids is 1. The predicted molar refractivity (Wildman–Crippen MR) is 158 cm³/mol. The molecule has 0 saturated carbocycles. The van der Waals surface area contributed by atoms with Gasteiger partial charge in [-0.05, 0) is 43.3 Å². The molecule has 3 heterocycles. The SMILES string of the molecule is Cc1cccc(Cl)c1S(=O)(=O)N1CCn2cccc2C1CC(=O)N(C)C(CN1CCN(C)CC1)c1ccccc1. The molecule has 0 radical (unpaired) electrons. The number of sulfonamides is 1. The summed E-state index contributed by atoms with van der Waals surface area (Å²) in [6.07, 6.45) is 1.98. The van der Waals surface area contributed by atoms with E-state index in [1.165, 1.54) is 4.31 Å². The summed E-state index contributed by atoms with van der Waals surface area (Å²) in [4.78, 5) is 20.7. The minimum Gasteiger partial charge on any atom is -0.349 e. The lowest BCUT2D eigenvalue weighted by molar-refractivity contribution is -0.133. The van der Waals surface area contributed by atoms with Crippen LogP contribution in [0.3, 0.4) is 0 Å². The normalized spacial score (nSPS) is 19.8. The van der Waals surface area contributed by atoms with Gasteiger partial charge in [0.25, 0.3) is 0 Å². The second-order valence-corrected chi connectivity index (χ2v) is 13.1. The fourth-order valence-electron chi connectivity index (χ4n) is 5.88. The zero-order valence-corrected chi connectivity index (χ0v) is 25.0. The van der Waals surface area contributed by atoms with Gasteiger partial charge in [0, 0.05) is 71.2 Å². The first-order valence-corrected chi connectivity index (χ1v) is 15.6. The summed E-state index contributed by atoms with van der Waals surface area (Å²) in [5.41, 5.74) is 2.48. The third-order valence-corrected chi connectivity index (χ3v) is 10.8. The summed E-state index contributed by atoms with van der Waals surface area (Å²) in [5.74, 6) is -0.0984.